The molecule has 0 aliphatic carbocycles. The standard InChI is InChI=1S/C17H22N6O/c18-16(19)11-1-5-13(6-2-11)22-9-15(24)10-23-14-7-3-12(4-8-14)17(20)21/h1-8,15,22-24H,9-10H2,(H3,18,19)(H3,20,21). The molecule has 24 heavy (non-hydrogen) atoms. The number of nitrogens with two attached hydrogens (primary N) is 2. The predicted octanol–water partition coefficient (Wildman–Crippen LogP) is 1.14. The van der Waals surface area contributed by atoms with E-state index in [0.717, 1.165) is 11.4 Å². The summed E-state index contributed by atoms with van der Waals surface area (Å²) in [7, 11) is 0. The van der Waals surface area contributed by atoms with Crippen LogP contribution < -0.4 is 22.1 Å². The van der Waals surface area contributed by atoms with Crippen molar-refractivity contribution in [2.24, 2.45) is 11.5 Å². The second-order valence-electron chi connectivity index (χ2n) is 5.40. The molecule has 0 radical (unpaired) electrons. The van der Waals surface area contributed by atoms with Crippen LogP contribution in [0.5, 0.6) is 0 Å². The summed E-state index contributed by atoms with van der Waals surface area (Å²) in [6, 6.07) is 14.3. The van der Waals surface area contributed by atoms with Gasteiger partial charge in [-0.1, -0.05) is 0 Å². The molecule has 0 aromatic heterocycles. The highest BCUT2D eigenvalue weighted by molar-refractivity contribution is 5.95. The Morgan fingerprint density at radius 3 is 1.42 bits per heavy atom. The second-order valence-corrected chi connectivity index (χ2v) is 5.40. The van der Waals surface area contributed by atoms with Crippen molar-refractivity contribution in [3.63, 3.8) is 0 Å². The van der Waals surface area contributed by atoms with Crippen molar-refractivity contribution in [2.45, 2.75) is 6.10 Å². The van der Waals surface area contributed by atoms with Gasteiger partial charge in [-0.2, -0.15) is 0 Å². The summed E-state index contributed by atoms with van der Waals surface area (Å²) in [6.07, 6.45) is -0.579. The minimum Gasteiger partial charge on any atom is -0.389 e. The van der Waals surface area contributed by atoms with Crippen LogP contribution >= 0.6 is 0 Å². The van der Waals surface area contributed by atoms with Crippen LogP contribution in [-0.4, -0.2) is 36.0 Å². The van der Waals surface area contributed by atoms with Crippen molar-refractivity contribution in [1.82, 2.24) is 0 Å². The summed E-state index contributed by atoms with van der Waals surface area (Å²) in [5, 5.41) is 31.0. The van der Waals surface area contributed by atoms with Gasteiger partial charge in [0, 0.05) is 35.6 Å². The van der Waals surface area contributed by atoms with Crippen LogP contribution in [0, 0.1) is 10.8 Å². The SMILES string of the molecule is N=C(N)c1ccc(NCC(O)CNc2ccc(C(=N)N)cc2)cc1. The molecule has 0 aliphatic rings. The number of anilines is 2. The van der Waals surface area contributed by atoms with Crippen LogP contribution in [0.25, 0.3) is 0 Å². The molecule has 0 fully saturated rings. The maximum absolute atomic E-state index is 10.0. The fraction of sp³-hybridized carbons (Fsp3) is 0.176. The molecule has 7 heteroatoms. The predicted molar refractivity (Wildman–Crippen MR) is 97.9 cm³/mol. The molecule has 2 aromatic rings. The lowest BCUT2D eigenvalue weighted by molar-refractivity contribution is 0.201. The monoisotopic (exact) mass is 326 g/mol. The van der Waals surface area contributed by atoms with Crippen molar-refractivity contribution in [2.75, 3.05) is 23.7 Å². The molecule has 0 amide bonds. The smallest absolute Gasteiger partial charge is 0.122 e. The molecule has 9 N–H and O–H groups in total. The van der Waals surface area contributed by atoms with Gasteiger partial charge < -0.3 is 27.2 Å². The first kappa shape index (κ1) is 17.3. The highest BCUT2D eigenvalue weighted by Gasteiger charge is 2.05. The first-order chi connectivity index (χ1) is 11.5. The van der Waals surface area contributed by atoms with Crippen molar-refractivity contribution in [3.05, 3.63) is 59.7 Å². The van der Waals surface area contributed by atoms with Gasteiger partial charge in [0.15, 0.2) is 0 Å². The Hall–Kier alpha value is -3.06. The number of aliphatic hydroxyl groups excluding tert-OH is 1. The molecule has 0 saturated heterocycles. The number of nitrogen functional groups attached to an aromatic ring is 2. The van der Waals surface area contributed by atoms with Gasteiger partial charge in [-0.3, -0.25) is 10.8 Å². The fourth-order valence-corrected chi connectivity index (χ4v) is 2.08. The summed E-state index contributed by atoms with van der Waals surface area (Å²) in [5.74, 6) is 0.0585. The Balaban J connectivity index is 1.77. The number of rotatable bonds is 8. The van der Waals surface area contributed by atoms with Crippen molar-refractivity contribution >= 4 is 23.0 Å². The van der Waals surface area contributed by atoms with Gasteiger partial charge in [0.1, 0.15) is 11.7 Å². The van der Waals surface area contributed by atoms with Crippen molar-refractivity contribution in [1.29, 1.82) is 10.8 Å². The maximum Gasteiger partial charge on any atom is 0.122 e. The zero-order valence-corrected chi connectivity index (χ0v) is 13.2. The van der Waals surface area contributed by atoms with E-state index in [-0.39, 0.29) is 11.7 Å². The summed E-state index contributed by atoms with van der Waals surface area (Å²) in [6.45, 7) is 0.774. The second kappa shape index (κ2) is 7.98. The summed E-state index contributed by atoms with van der Waals surface area (Å²) in [5.41, 5.74) is 13.8. The van der Waals surface area contributed by atoms with E-state index < -0.39 is 6.10 Å². The summed E-state index contributed by atoms with van der Waals surface area (Å²) < 4.78 is 0. The topological polar surface area (TPSA) is 144 Å². The van der Waals surface area contributed by atoms with E-state index in [1.165, 1.54) is 0 Å². The lowest BCUT2D eigenvalue weighted by Crippen LogP contribution is -2.27. The van der Waals surface area contributed by atoms with Crippen LogP contribution in [0.1, 0.15) is 11.1 Å². The average molecular weight is 326 g/mol. The first-order valence-electron chi connectivity index (χ1n) is 7.50. The van der Waals surface area contributed by atoms with Gasteiger partial charge in [0.2, 0.25) is 0 Å². The highest BCUT2D eigenvalue weighted by atomic mass is 16.3. The minimum absolute atomic E-state index is 0.0292. The van der Waals surface area contributed by atoms with Gasteiger partial charge in [-0.15, -0.1) is 0 Å². The van der Waals surface area contributed by atoms with Gasteiger partial charge >= 0.3 is 0 Å². The van der Waals surface area contributed by atoms with E-state index in [2.05, 4.69) is 10.6 Å². The van der Waals surface area contributed by atoms with Crippen LogP contribution in [0.4, 0.5) is 11.4 Å². The molecule has 0 unspecified atom stereocenters. The van der Waals surface area contributed by atoms with E-state index in [9.17, 15) is 5.11 Å². The first-order valence-corrected chi connectivity index (χ1v) is 7.50. The molecule has 0 spiro atoms. The Bertz CT molecular complexity index is 635. The zero-order valence-electron chi connectivity index (χ0n) is 13.2. The molecular formula is C17H22N6O. The third-order valence-corrected chi connectivity index (χ3v) is 3.48. The van der Waals surface area contributed by atoms with Crippen molar-refractivity contribution < 1.29 is 5.11 Å². The number of nitrogens with one attached hydrogen (secondary N) is 4. The lowest BCUT2D eigenvalue weighted by atomic mass is 10.2. The maximum atomic E-state index is 10.0. The molecule has 0 atom stereocenters. The molecule has 0 heterocycles. The van der Waals surface area contributed by atoms with Crippen LogP contribution in [0.15, 0.2) is 48.5 Å². The molecule has 2 aromatic carbocycles. The number of hydrogen-bond acceptors (Lipinski definition) is 5. The summed E-state index contributed by atoms with van der Waals surface area (Å²) in [4.78, 5) is 0. The molecule has 0 aliphatic heterocycles. The number of aliphatic hydroxyl groups is 1. The number of hydrogen-bond donors (Lipinski definition) is 7. The van der Waals surface area contributed by atoms with Crippen LogP contribution in [-0.2, 0) is 0 Å². The van der Waals surface area contributed by atoms with Gasteiger partial charge in [-0.25, -0.2) is 0 Å². The zero-order chi connectivity index (χ0) is 17.5. The van der Waals surface area contributed by atoms with E-state index in [4.69, 9.17) is 22.3 Å². The highest BCUT2D eigenvalue weighted by Crippen LogP contribution is 2.11. The van der Waals surface area contributed by atoms with Gasteiger partial charge in [0.05, 0.1) is 6.10 Å². The molecule has 7 nitrogen and oxygen atoms in total. The van der Waals surface area contributed by atoms with Crippen molar-refractivity contribution in [3.8, 4) is 0 Å². The Morgan fingerprint density at radius 1 is 0.792 bits per heavy atom. The average Bonchev–Trinajstić information content (AvgIpc) is 2.58. The fourth-order valence-electron chi connectivity index (χ4n) is 2.08. The van der Waals surface area contributed by atoms with Crippen LogP contribution in [0.2, 0.25) is 0 Å². The Morgan fingerprint density at radius 2 is 1.12 bits per heavy atom. The largest absolute Gasteiger partial charge is 0.389 e. The van der Waals surface area contributed by atoms with E-state index in [1.807, 2.05) is 24.3 Å². The van der Waals surface area contributed by atoms with Gasteiger partial charge in [0.25, 0.3) is 0 Å². The van der Waals surface area contributed by atoms with Crippen LogP contribution in [0.3, 0.4) is 0 Å². The normalized spacial score (nSPS) is 11.5. The van der Waals surface area contributed by atoms with E-state index in [1.54, 1.807) is 24.3 Å². The van der Waals surface area contributed by atoms with E-state index >= 15 is 0 Å². The molecule has 2 rings (SSSR count). The lowest BCUT2D eigenvalue weighted by Gasteiger charge is -2.15. The molecule has 0 bridgehead atoms. The molecule has 0 saturated carbocycles. The van der Waals surface area contributed by atoms with E-state index in [0.29, 0.717) is 24.2 Å². The minimum atomic E-state index is -0.579. The number of amidine groups is 2. The molecule has 126 valence electrons. The van der Waals surface area contributed by atoms with Gasteiger partial charge in [-0.05, 0) is 48.5 Å². The number of benzene rings is 2. The Labute approximate surface area is 140 Å². The third kappa shape index (κ3) is 4.99. The Kier molecular flexibility index (Phi) is 5.75. The molecular weight excluding hydrogens is 304 g/mol. The summed E-state index contributed by atoms with van der Waals surface area (Å²) >= 11 is 0. The quantitative estimate of drug-likeness (QED) is 0.287. The third-order valence-electron chi connectivity index (χ3n) is 3.48.